The van der Waals surface area contributed by atoms with Crippen molar-refractivity contribution in [2.24, 2.45) is 17.8 Å². The van der Waals surface area contributed by atoms with E-state index in [1.807, 2.05) is 6.20 Å². The Morgan fingerprint density at radius 2 is 1.95 bits per heavy atom. The van der Waals surface area contributed by atoms with Gasteiger partial charge in [0.05, 0.1) is 0 Å². The molecule has 0 aromatic carbocycles. The monoisotopic (exact) mass is 270 g/mol. The lowest BCUT2D eigenvalue weighted by Crippen LogP contribution is -2.68. The minimum absolute atomic E-state index is 0.0846. The summed E-state index contributed by atoms with van der Waals surface area (Å²) in [4.78, 5) is 7.27. The van der Waals surface area contributed by atoms with Crippen molar-refractivity contribution in [3.8, 4) is 5.88 Å². The molecule has 20 heavy (non-hydrogen) atoms. The predicted octanol–water partition coefficient (Wildman–Crippen LogP) is 2.34. The van der Waals surface area contributed by atoms with Crippen LogP contribution in [0.5, 0.6) is 5.88 Å². The van der Waals surface area contributed by atoms with E-state index < -0.39 is 0 Å². The van der Waals surface area contributed by atoms with E-state index in [9.17, 15) is 0 Å². The van der Waals surface area contributed by atoms with Gasteiger partial charge in [0.1, 0.15) is 5.60 Å². The second-order valence-corrected chi connectivity index (χ2v) is 7.53. The Balaban J connectivity index is 1.59. The molecule has 1 aromatic rings. The summed E-state index contributed by atoms with van der Waals surface area (Å²) >= 11 is 0. The average molecular weight is 270 g/mol. The lowest BCUT2D eigenvalue weighted by Gasteiger charge is -2.60. The maximum absolute atomic E-state index is 6.57. The summed E-state index contributed by atoms with van der Waals surface area (Å²) in [5, 5.41) is 0. The molecule has 1 aromatic heterocycles. The van der Waals surface area contributed by atoms with Gasteiger partial charge in [0.25, 0.3) is 0 Å². The molecule has 4 fully saturated rings. The number of fused-ring (bicyclic) bond motifs is 1. The summed E-state index contributed by atoms with van der Waals surface area (Å²) in [5.41, 5.74) is 4.19. The first kappa shape index (κ1) is 11.6. The van der Waals surface area contributed by atoms with Crippen LogP contribution in [0, 0.1) is 31.6 Å². The number of nitrogens with zero attached hydrogens (tertiary/aromatic N) is 2. The smallest absolute Gasteiger partial charge is 0.217 e. The maximum atomic E-state index is 6.57. The first-order valence-corrected chi connectivity index (χ1v) is 8.02. The van der Waals surface area contributed by atoms with E-state index >= 15 is 0 Å². The van der Waals surface area contributed by atoms with Crippen LogP contribution in [0.1, 0.15) is 29.5 Å². The van der Waals surface area contributed by atoms with Crippen molar-refractivity contribution in [2.75, 3.05) is 19.6 Å². The molecule has 0 radical (unpaired) electrons. The van der Waals surface area contributed by atoms with Gasteiger partial charge in [-0.3, -0.25) is 0 Å². The molecule has 1 saturated carbocycles. The lowest BCUT2D eigenvalue weighted by atomic mass is 9.58. The molecule has 6 rings (SSSR count). The summed E-state index contributed by atoms with van der Waals surface area (Å²) in [6.45, 7) is 8.23. The molecule has 2 atom stereocenters. The van der Waals surface area contributed by atoms with Crippen LogP contribution in [0.3, 0.4) is 0 Å². The summed E-state index contributed by atoms with van der Waals surface area (Å²) in [6, 6.07) is 0. The Hall–Kier alpha value is -1.09. The molecule has 4 aliphatic heterocycles. The Morgan fingerprint density at radius 3 is 2.65 bits per heavy atom. The molecule has 3 heteroatoms. The topological polar surface area (TPSA) is 25.4 Å². The third-order valence-corrected chi connectivity index (χ3v) is 6.51. The molecule has 4 bridgehead atoms. The number of aryl methyl sites for hydroxylation is 1. The summed E-state index contributed by atoms with van der Waals surface area (Å²) < 4.78 is 6.57. The van der Waals surface area contributed by atoms with Gasteiger partial charge in [-0.1, -0.05) is 0 Å². The van der Waals surface area contributed by atoms with E-state index in [-0.39, 0.29) is 5.60 Å². The van der Waals surface area contributed by atoms with Gasteiger partial charge >= 0.3 is 0 Å². The van der Waals surface area contributed by atoms with E-state index in [2.05, 4.69) is 23.7 Å². The zero-order chi connectivity index (χ0) is 13.5. The highest BCUT2D eigenvalue weighted by atomic mass is 16.5. The van der Waals surface area contributed by atoms with E-state index in [1.165, 1.54) is 49.2 Å². The van der Waals surface area contributed by atoms with Crippen molar-refractivity contribution in [3.63, 3.8) is 0 Å². The van der Waals surface area contributed by atoms with Crippen LogP contribution in [-0.2, 0) is 6.42 Å². The molecule has 5 aliphatic rings. The molecule has 3 nitrogen and oxygen atoms in total. The van der Waals surface area contributed by atoms with Gasteiger partial charge in [-0.15, -0.1) is 0 Å². The number of piperidine rings is 3. The molecular weight excluding hydrogens is 248 g/mol. The van der Waals surface area contributed by atoms with E-state index in [0.717, 1.165) is 30.1 Å². The van der Waals surface area contributed by atoms with Crippen LogP contribution in [0.15, 0.2) is 6.20 Å². The highest BCUT2D eigenvalue weighted by molar-refractivity contribution is 5.44. The second kappa shape index (κ2) is 3.56. The molecule has 0 N–H and O–H groups in total. The molecule has 5 heterocycles. The third-order valence-electron chi connectivity index (χ3n) is 6.51. The van der Waals surface area contributed by atoms with Gasteiger partial charge in [-0.25, -0.2) is 4.98 Å². The van der Waals surface area contributed by atoms with Gasteiger partial charge in [0.15, 0.2) is 0 Å². The molecule has 3 saturated heterocycles. The molecule has 1 aliphatic carbocycles. The number of hydrogen-bond acceptors (Lipinski definition) is 3. The Bertz CT molecular complexity index is 567. The summed E-state index contributed by atoms with van der Waals surface area (Å²) in [5.74, 6) is 3.32. The Labute approximate surface area is 120 Å². The Kier molecular flexibility index (Phi) is 2.06. The zero-order valence-corrected chi connectivity index (χ0v) is 12.4. The van der Waals surface area contributed by atoms with Gasteiger partial charge in [0, 0.05) is 49.7 Å². The van der Waals surface area contributed by atoms with Crippen LogP contribution < -0.4 is 4.74 Å². The quantitative estimate of drug-likeness (QED) is 0.723. The minimum Gasteiger partial charge on any atom is -0.470 e. The molecular formula is C17H22N2O. The highest BCUT2D eigenvalue weighted by Crippen LogP contribution is 2.55. The zero-order valence-electron chi connectivity index (χ0n) is 12.4. The van der Waals surface area contributed by atoms with Crippen molar-refractivity contribution in [3.05, 3.63) is 22.9 Å². The van der Waals surface area contributed by atoms with Crippen LogP contribution >= 0.6 is 0 Å². The molecule has 0 amide bonds. The average Bonchev–Trinajstić information content (AvgIpc) is 2.81. The largest absolute Gasteiger partial charge is 0.470 e. The normalized spacial score (nSPS) is 43.9. The molecule has 106 valence electrons. The van der Waals surface area contributed by atoms with Crippen LogP contribution in [0.2, 0.25) is 0 Å². The maximum Gasteiger partial charge on any atom is 0.217 e. The third kappa shape index (κ3) is 1.28. The highest BCUT2D eigenvalue weighted by Gasteiger charge is 2.61. The van der Waals surface area contributed by atoms with Crippen molar-refractivity contribution >= 4 is 0 Å². The molecule has 2 unspecified atom stereocenters. The molecule has 1 spiro atoms. The number of aromatic nitrogens is 1. The minimum atomic E-state index is 0.0846. The Morgan fingerprint density at radius 1 is 1.20 bits per heavy atom. The number of hydrogen-bond donors (Lipinski definition) is 0. The SMILES string of the molecule is Cc1cnc2c(c1C)CC1(O2)C2CC3CC1CN(C3)C2. The van der Waals surface area contributed by atoms with Gasteiger partial charge < -0.3 is 9.64 Å². The summed E-state index contributed by atoms with van der Waals surface area (Å²) in [6.07, 6.45) is 5.84. The van der Waals surface area contributed by atoms with E-state index in [1.54, 1.807) is 0 Å². The van der Waals surface area contributed by atoms with Crippen molar-refractivity contribution in [1.29, 1.82) is 0 Å². The standard InChI is InChI=1S/C17H22N2O/c1-10-6-18-16-15(11(10)2)5-17(20-16)13-3-12-4-14(17)9-19(7-12)8-13/h6,12-14H,3-5,7-9H2,1-2H3. The van der Waals surface area contributed by atoms with E-state index in [4.69, 9.17) is 4.74 Å². The van der Waals surface area contributed by atoms with Crippen LogP contribution in [0.4, 0.5) is 0 Å². The summed E-state index contributed by atoms with van der Waals surface area (Å²) in [7, 11) is 0. The van der Waals surface area contributed by atoms with Crippen molar-refractivity contribution in [1.82, 2.24) is 9.88 Å². The number of rotatable bonds is 0. The van der Waals surface area contributed by atoms with Gasteiger partial charge in [0.2, 0.25) is 5.88 Å². The number of ether oxygens (including phenoxy) is 1. The van der Waals surface area contributed by atoms with Gasteiger partial charge in [-0.2, -0.15) is 0 Å². The van der Waals surface area contributed by atoms with E-state index in [0.29, 0.717) is 0 Å². The van der Waals surface area contributed by atoms with Gasteiger partial charge in [-0.05, 0) is 43.7 Å². The van der Waals surface area contributed by atoms with Crippen LogP contribution in [0.25, 0.3) is 0 Å². The first-order valence-electron chi connectivity index (χ1n) is 8.02. The predicted molar refractivity (Wildman–Crippen MR) is 76.9 cm³/mol. The first-order chi connectivity index (χ1) is 9.65. The van der Waals surface area contributed by atoms with Crippen molar-refractivity contribution in [2.45, 2.75) is 38.7 Å². The fourth-order valence-electron chi connectivity index (χ4n) is 5.43. The fourth-order valence-corrected chi connectivity index (χ4v) is 5.43. The number of pyridine rings is 1. The lowest BCUT2D eigenvalue weighted by molar-refractivity contribution is -0.159. The second-order valence-electron chi connectivity index (χ2n) is 7.53. The van der Waals surface area contributed by atoms with Crippen molar-refractivity contribution < 1.29 is 4.74 Å². The van der Waals surface area contributed by atoms with Crippen LogP contribution in [-0.4, -0.2) is 35.1 Å². The fraction of sp³-hybridized carbons (Fsp3) is 0.706.